The maximum atomic E-state index is 12.3. The van der Waals surface area contributed by atoms with Gasteiger partial charge in [-0.2, -0.15) is 0 Å². The zero-order valence-corrected chi connectivity index (χ0v) is 13.5. The number of aromatic nitrogens is 2. The highest BCUT2D eigenvalue weighted by Crippen LogP contribution is 2.19. The molecule has 6 nitrogen and oxygen atoms in total. The van der Waals surface area contributed by atoms with Gasteiger partial charge in [0, 0.05) is 12.6 Å². The Morgan fingerprint density at radius 1 is 1.25 bits per heavy atom. The number of aryl methyl sites for hydroxylation is 1. The molecule has 0 spiro atoms. The number of imidazole rings is 1. The van der Waals surface area contributed by atoms with Crippen molar-refractivity contribution in [1.29, 1.82) is 0 Å². The van der Waals surface area contributed by atoms with E-state index in [1.807, 2.05) is 30.3 Å². The van der Waals surface area contributed by atoms with Crippen molar-refractivity contribution in [2.24, 2.45) is 7.05 Å². The summed E-state index contributed by atoms with van der Waals surface area (Å²) >= 11 is 0. The Hall–Kier alpha value is -2.86. The van der Waals surface area contributed by atoms with Gasteiger partial charge in [0.05, 0.1) is 17.6 Å². The summed E-state index contributed by atoms with van der Waals surface area (Å²) < 4.78 is 1.48. The fourth-order valence-electron chi connectivity index (χ4n) is 2.63. The fraction of sp³-hybridized carbons (Fsp3) is 0.222. The number of rotatable bonds is 4. The first-order valence-electron chi connectivity index (χ1n) is 7.63. The number of amides is 1. The monoisotopic (exact) mass is 325 g/mol. The molecule has 0 radical (unpaired) electrons. The molecule has 0 aliphatic carbocycles. The second kappa shape index (κ2) is 5.98. The molecule has 1 amide bonds. The van der Waals surface area contributed by atoms with Crippen LogP contribution in [0.4, 0.5) is 0 Å². The molecule has 3 aromatic rings. The van der Waals surface area contributed by atoms with E-state index in [0.717, 1.165) is 11.1 Å². The van der Waals surface area contributed by atoms with Crippen molar-refractivity contribution in [1.82, 2.24) is 14.9 Å². The van der Waals surface area contributed by atoms with E-state index in [9.17, 15) is 14.7 Å². The summed E-state index contributed by atoms with van der Waals surface area (Å²) in [5.41, 5.74) is 1.09. The van der Waals surface area contributed by atoms with Crippen LogP contribution in [0.1, 0.15) is 22.8 Å². The zero-order valence-electron chi connectivity index (χ0n) is 13.5. The van der Waals surface area contributed by atoms with E-state index in [1.165, 1.54) is 4.57 Å². The largest absolute Gasteiger partial charge is 0.384 e. The number of H-pyrrole nitrogens is 1. The van der Waals surface area contributed by atoms with Crippen molar-refractivity contribution in [3.8, 4) is 0 Å². The average Bonchev–Trinajstić information content (AvgIpc) is 2.87. The predicted molar refractivity (Wildman–Crippen MR) is 91.9 cm³/mol. The van der Waals surface area contributed by atoms with Gasteiger partial charge in [-0.3, -0.25) is 9.36 Å². The molecule has 24 heavy (non-hydrogen) atoms. The maximum absolute atomic E-state index is 12.3. The van der Waals surface area contributed by atoms with E-state index >= 15 is 0 Å². The van der Waals surface area contributed by atoms with Gasteiger partial charge in [-0.15, -0.1) is 0 Å². The number of carbonyl (C=O) groups excluding carboxylic acids is 1. The minimum Gasteiger partial charge on any atom is -0.384 e. The molecule has 124 valence electrons. The van der Waals surface area contributed by atoms with Gasteiger partial charge < -0.3 is 15.4 Å². The van der Waals surface area contributed by atoms with Crippen LogP contribution in [0.15, 0.2) is 53.3 Å². The first-order valence-corrected chi connectivity index (χ1v) is 7.63. The van der Waals surface area contributed by atoms with Gasteiger partial charge in [-0.1, -0.05) is 30.3 Å². The lowest BCUT2D eigenvalue weighted by Crippen LogP contribution is -2.38. The molecule has 3 rings (SSSR count). The number of aliphatic hydroxyl groups is 1. The summed E-state index contributed by atoms with van der Waals surface area (Å²) in [5.74, 6) is -0.308. The summed E-state index contributed by atoms with van der Waals surface area (Å²) in [7, 11) is 1.66. The summed E-state index contributed by atoms with van der Waals surface area (Å²) in [6, 6.07) is 14.2. The SMILES string of the molecule is Cn1c(=O)[nH]c2cc(C(=O)NCC(C)(O)c3ccccc3)ccc21. The van der Waals surface area contributed by atoms with E-state index in [-0.39, 0.29) is 18.1 Å². The number of aromatic amines is 1. The molecule has 1 aromatic heterocycles. The first-order chi connectivity index (χ1) is 11.4. The summed E-state index contributed by atoms with van der Waals surface area (Å²) in [4.78, 5) is 26.6. The molecular weight excluding hydrogens is 306 g/mol. The van der Waals surface area contributed by atoms with E-state index in [4.69, 9.17) is 0 Å². The molecule has 1 atom stereocenters. The van der Waals surface area contributed by atoms with Crippen molar-refractivity contribution in [3.05, 3.63) is 70.1 Å². The minimum atomic E-state index is -1.16. The Morgan fingerprint density at radius 3 is 2.67 bits per heavy atom. The van der Waals surface area contributed by atoms with Crippen LogP contribution in [-0.2, 0) is 12.6 Å². The normalized spacial score (nSPS) is 13.6. The fourth-order valence-corrected chi connectivity index (χ4v) is 2.63. The third-order valence-electron chi connectivity index (χ3n) is 4.16. The molecule has 0 saturated carbocycles. The standard InChI is InChI=1S/C18H19N3O3/c1-18(24,13-6-4-3-5-7-13)11-19-16(22)12-8-9-15-14(10-12)20-17(23)21(15)2/h3-10,24H,11H2,1-2H3,(H,19,22)(H,20,23). The lowest BCUT2D eigenvalue weighted by molar-refractivity contribution is 0.0526. The predicted octanol–water partition coefficient (Wildman–Crippen LogP) is 1.50. The van der Waals surface area contributed by atoms with Crippen LogP contribution in [0.25, 0.3) is 11.0 Å². The Kier molecular flexibility index (Phi) is 3.99. The highest BCUT2D eigenvalue weighted by Gasteiger charge is 2.23. The van der Waals surface area contributed by atoms with Crippen LogP contribution in [-0.4, -0.2) is 27.1 Å². The molecule has 1 heterocycles. The third-order valence-corrected chi connectivity index (χ3v) is 4.16. The topological polar surface area (TPSA) is 87.1 Å². The van der Waals surface area contributed by atoms with Gasteiger partial charge >= 0.3 is 5.69 Å². The number of hydrogen-bond acceptors (Lipinski definition) is 3. The van der Waals surface area contributed by atoms with E-state index in [0.29, 0.717) is 11.1 Å². The molecule has 0 saturated heterocycles. The van der Waals surface area contributed by atoms with Crippen molar-refractivity contribution >= 4 is 16.9 Å². The van der Waals surface area contributed by atoms with E-state index in [1.54, 1.807) is 32.2 Å². The van der Waals surface area contributed by atoms with Gasteiger partial charge in [-0.05, 0) is 30.7 Å². The Labute approximate surface area is 138 Å². The summed E-state index contributed by atoms with van der Waals surface area (Å²) in [6.07, 6.45) is 0. The van der Waals surface area contributed by atoms with Crippen LogP contribution >= 0.6 is 0 Å². The highest BCUT2D eigenvalue weighted by molar-refractivity contribution is 5.97. The number of carbonyl (C=O) groups is 1. The lowest BCUT2D eigenvalue weighted by atomic mass is 9.96. The second-order valence-corrected chi connectivity index (χ2v) is 6.04. The zero-order chi connectivity index (χ0) is 17.3. The molecule has 6 heteroatoms. The molecule has 3 N–H and O–H groups in total. The number of fused-ring (bicyclic) bond motifs is 1. The quantitative estimate of drug-likeness (QED) is 0.679. The smallest absolute Gasteiger partial charge is 0.326 e. The third kappa shape index (κ3) is 2.96. The highest BCUT2D eigenvalue weighted by atomic mass is 16.3. The van der Waals surface area contributed by atoms with Crippen LogP contribution in [0.3, 0.4) is 0 Å². The van der Waals surface area contributed by atoms with Gasteiger partial charge in [0.2, 0.25) is 0 Å². The average molecular weight is 325 g/mol. The molecule has 0 bridgehead atoms. The number of benzene rings is 2. The summed E-state index contributed by atoms with van der Waals surface area (Å²) in [5, 5.41) is 13.3. The van der Waals surface area contributed by atoms with Crippen molar-refractivity contribution < 1.29 is 9.90 Å². The van der Waals surface area contributed by atoms with Crippen molar-refractivity contribution in [2.75, 3.05) is 6.54 Å². The minimum absolute atomic E-state index is 0.0825. The Bertz CT molecular complexity index is 939. The van der Waals surface area contributed by atoms with E-state index < -0.39 is 5.60 Å². The maximum Gasteiger partial charge on any atom is 0.326 e. The first kappa shape index (κ1) is 16.0. The van der Waals surface area contributed by atoms with Gasteiger partial charge in [0.1, 0.15) is 5.60 Å². The van der Waals surface area contributed by atoms with Crippen molar-refractivity contribution in [3.63, 3.8) is 0 Å². The van der Waals surface area contributed by atoms with Gasteiger partial charge in [0.25, 0.3) is 5.91 Å². The Balaban J connectivity index is 1.77. The molecule has 0 aliphatic rings. The van der Waals surface area contributed by atoms with Crippen LogP contribution in [0.5, 0.6) is 0 Å². The van der Waals surface area contributed by atoms with Crippen LogP contribution in [0.2, 0.25) is 0 Å². The summed E-state index contributed by atoms with van der Waals surface area (Å²) in [6.45, 7) is 1.74. The second-order valence-electron chi connectivity index (χ2n) is 6.04. The van der Waals surface area contributed by atoms with E-state index in [2.05, 4.69) is 10.3 Å². The van der Waals surface area contributed by atoms with Crippen molar-refractivity contribution in [2.45, 2.75) is 12.5 Å². The molecule has 1 unspecified atom stereocenters. The number of nitrogens with one attached hydrogen (secondary N) is 2. The van der Waals surface area contributed by atoms with Gasteiger partial charge in [0.15, 0.2) is 0 Å². The Morgan fingerprint density at radius 2 is 1.96 bits per heavy atom. The molecule has 0 aliphatic heterocycles. The van der Waals surface area contributed by atoms with Crippen LogP contribution < -0.4 is 11.0 Å². The number of nitrogens with zero attached hydrogens (tertiary/aromatic N) is 1. The molecular formula is C18H19N3O3. The van der Waals surface area contributed by atoms with Gasteiger partial charge in [-0.25, -0.2) is 4.79 Å². The number of hydrogen-bond donors (Lipinski definition) is 3. The van der Waals surface area contributed by atoms with Crippen LogP contribution in [0, 0.1) is 0 Å². The molecule has 2 aromatic carbocycles. The molecule has 0 fully saturated rings. The lowest BCUT2D eigenvalue weighted by Gasteiger charge is -2.24.